The standard InChI is InChI=1S/C17H14BrN3O2/c1-10-6-12(18)9-21-13(8-19)16(20-17(10)21)11-4-5-14(22-2)15(7-11)23-3/h4-7,9H,1-3H3. The third-order valence-electron chi connectivity index (χ3n) is 3.63. The topological polar surface area (TPSA) is 59.5 Å². The van der Waals surface area contributed by atoms with Crippen LogP contribution in [0, 0.1) is 18.3 Å². The molecule has 0 fully saturated rings. The van der Waals surface area contributed by atoms with E-state index in [2.05, 4.69) is 27.0 Å². The molecule has 0 atom stereocenters. The molecule has 23 heavy (non-hydrogen) atoms. The van der Waals surface area contributed by atoms with Crippen molar-refractivity contribution in [2.75, 3.05) is 14.2 Å². The molecule has 1 aromatic carbocycles. The molecule has 3 aromatic rings. The van der Waals surface area contributed by atoms with Crippen molar-refractivity contribution in [3.05, 3.63) is 46.2 Å². The first kappa shape index (κ1) is 15.4. The van der Waals surface area contributed by atoms with Crippen LogP contribution in [-0.2, 0) is 0 Å². The predicted octanol–water partition coefficient (Wildman–Crippen LogP) is 3.96. The Bertz CT molecular complexity index is 941. The molecule has 0 aliphatic carbocycles. The summed E-state index contributed by atoms with van der Waals surface area (Å²) in [5.74, 6) is 1.24. The van der Waals surface area contributed by atoms with E-state index in [1.165, 1.54) is 0 Å². The predicted molar refractivity (Wildman–Crippen MR) is 90.9 cm³/mol. The van der Waals surface area contributed by atoms with Gasteiger partial charge in [-0.05, 0) is 52.7 Å². The summed E-state index contributed by atoms with van der Waals surface area (Å²) in [5, 5.41) is 9.59. The average Bonchev–Trinajstić information content (AvgIpc) is 2.92. The van der Waals surface area contributed by atoms with Crippen LogP contribution in [0.4, 0.5) is 0 Å². The molecule has 0 saturated carbocycles. The molecule has 0 radical (unpaired) electrons. The minimum Gasteiger partial charge on any atom is -0.493 e. The SMILES string of the molecule is COc1ccc(-c2nc3c(C)cc(Br)cn3c2C#N)cc1OC. The van der Waals surface area contributed by atoms with E-state index in [-0.39, 0.29) is 0 Å². The van der Waals surface area contributed by atoms with Crippen LogP contribution < -0.4 is 9.47 Å². The maximum Gasteiger partial charge on any atom is 0.161 e. The number of nitriles is 1. The van der Waals surface area contributed by atoms with Gasteiger partial charge in [0.05, 0.1) is 14.2 Å². The molecule has 0 unspecified atom stereocenters. The van der Waals surface area contributed by atoms with Crippen LogP contribution in [0.2, 0.25) is 0 Å². The van der Waals surface area contributed by atoms with Gasteiger partial charge in [-0.3, -0.25) is 4.40 Å². The van der Waals surface area contributed by atoms with Gasteiger partial charge in [0.1, 0.15) is 17.4 Å². The Kier molecular flexibility index (Phi) is 3.97. The van der Waals surface area contributed by atoms with E-state index in [1.54, 1.807) is 18.6 Å². The molecule has 0 aliphatic heterocycles. The molecular formula is C17H14BrN3O2. The van der Waals surface area contributed by atoms with Gasteiger partial charge >= 0.3 is 0 Å². The van der Waals surface area contributed by atoms with Crippen molar-refractivity contribution in [2.45, 2.75) is 6.92 Å². The smallest absolute Gasteiger partial charge is 0.161 e. The van der Waals surface area contributed by atoms with E-state index in [0.717, 1.165) is 21.2 Å². The zero-order valence-electron chi connectivity index (χ0n) is 12.9. The number of pyridine rings is 1. The van der Waals surface area contributed by atoms with Gasteiger partial charge in [-0.15, -0.1) is 0 Å². The van der Waals surface area contributed by atoms with E-state index in [9.17, 15) is 5.26 Å². The van der Waals surface area contributed by atoms with Gasteiger partial charge in [0.25, 0.3) is 0 Å². The van der Waals surface area contributed by atoms with Crippen LogP contribution in [0.1, 0.15) is 11.3 Å². The quantitative estimate of drug-likeness (QED) is 0.698. The Morgan fingerprint density at radius 2 is 1.91 bits per heavy atom. The summed E-state index contributed by atoms with van der Waals surface area (Å²) in [6.45, 7) is 1.96. The Morgan fingerprint density at radius 1 is 1.17 bits per heavy atom. The first-order chi connectivity index (χ1) is 11.1. The lowest BCUT2D eigenvalue weighted by atomic mass is 10.1. The van der Waals surface area contributed by atoms with E-state index in [0.29, 0.717) is 22.9 Å². The number of halogens is 1. The van der Waals surface area contributed by atoms with Gasteiger partial charge in [0.15, 0.2) is 17.2 Å². The molecule has 0 saturated heterocycles. The lowest BCUT2D eigenvalue weighted by Crippen LogP contribution is -1.93. The van der Waals surface area contributed by atoms with Gasteiger partial charge in [0.2, 0.25) is 0 Å². The number of rotatable bonds is 3. The first-order valence-electron chi connectivity index (χ1n) is 6.89. The van der Waals surface area contributed by atoms with Crippen molar-refractivity contribution in [2.24, 2.45) is 0 Å². The number of aromatic nitrogens is 2. The van der Waals surface area contributed by atoms with Crippen LogP contribution in [0.25, 0.3) is 16.9 Å². The van der Waals surface area contributed by atoms with Crippen molar-refractivity contribution in [3.63, 3.8) is 0 Å². The Balaban J connectivity index is 2.28. The molecule has 0 amide bonds. The van der Waals surface area contributed by atoms with Crippen LogP contribution in [-0.4, -0.2) is 23.6 Å². The summed E-state index contributed by atoms with van der Waals surface area (Å²) >= 11 is 3.46. The highest BCUT2D eigenvalue weighted by Gasteiger charge is 2.17. The normalized spacial score (nSPS) is 10.6. The third kappa shape index (κ3) is 2.53. The second-order valence-electron chi connectivity index (χ2n) is 5.03. The van der Waals surface area contributed by atoms with Crippen LogP contribution in [0.15, 0.2) is 34.9 Å². The maximum absolute atomic E-state index is 9.59. The fraction of sp³-hybridized carbons (Fsp3) is 0.176. The Labute approximate surface area is 142 Å². The highest BCUT2D eigenvalue weighted by molar-refractivity contribution is 9.10. The average molecular weight is 372 g/mol. The number of fused-ring (bicyclic) bond motifs is 1. The van der Waals surface area contributed by atoms with E-state index in [4.69, 9.17) is 9.47 Å². The van der Waals surface area contributed by atoms with Crippen molar-refractivity contribution in [3.8, 4) is 28.8 Å². The number of hydrogen-bond acceptors (Lipinski definition) is 4. The van der Waals surface area contributed by atoms with Gasteiger partial charge in [-0.1, -0.05) is 0 Å². The summed E-state index contributed by atoms with van der Waals surface area (Å²) in [4.78, 5) is 4.65. The molecule has 6 heteroatoms. The largest absolute Gasteiger partial charge is 0.493 e. The minimum atomic E-state index is 0.483. The monoisotopic (exact) mass is 371 g/mol. The molecule has 2 aromatic heterocycles. The highest BCUT2D eigenvalue weighted by Crippen LogP contribution is 2.34. The maximum atomic E-state index is 9.59. The number of aryl methyl sites for hydroxylation is 1. The molecule has 0 spiro atoms. The number of imidazole rings is 1. The zero-order valence-corrected chi connectivity index (χ0v) is 14.5. The summed E-state index contributed by atoms with van der Waals surface area (Å²) in [6.07, 6.45) is 1.85. The second-order valence-corrected chi connectivity index (χ2v) is 5.94. The summed E-state index contributed by atoms with van der Waals surface area (Å²) in [6, 6.07) is 9.72. The lowest BCUT2D eigenvalue weighted by molar-refractivity contribution is 0.355. The fourth-order valence-corrected chi connectivity index (χ4v) is 3.11. The number of benzene rings is 1. The van der Waals surface area contributed by atoms with Crippen LogP contribution in [0.5, 0.6) is 11.5 Å². The van der Waals surface area contributed by atoms with Crippen LogP contribution in [0.3, 0.4) is 0 Å². The Morgan fingerprint density at radius 3 is 2.57 bits per heavy atom. The Hall–Kier alpha value is -2.52. The molecule has 0 N–H and O–H groups in total. The molecule has 0 bridgehead atoms. The lowest BCUT2D eigenvalue weighted by Gasteiger charge is -2.08. The first-order valence-corrected chi connectivity index (χ1v) is 7.69. The third-order valence-corrected chi connectivity index (χ3v) is 4.07. The molecule has 116 valence electrons. The molecule has 2 heterocycles. The van der Waals surface area contributed by atoms with Gasteiger partial charge in [-0.25, -0.2) is 4.98 Å². The fourth-order valence-electron chi connectivity index (χ4n) is 2.56. The van der Waals surface area contributed by atoms with Crippen molar-refractivity contribution >= 4 is 21.6 Å². The zero-order chi connectivity index (χ0) is 16.6. The number of hydrogen-bond donors (Lipinski definition) is 0. The minimum absolute atomic E-state index is 0.483. The molecule has 0 aliphatic rings. The summed E-state index contributed by atoms with van der Waals surface area (Å²) in [7, 11) is 3.17. The number of nitrogens with zero attached hydrogens (tertiary/aromatic N) is 3. The highest BCUT2D eigenvalue weighted by atomic mass is 79.9. The molecule has 3 rings (SSSR count). The van der Waals surface area contributed by atoms with E-state index in [1.807, 2.05) is 37.4 Å². The summed E-state index contributed by atoms with van der Waals surface area (Å²) in [5.41, 5.74) is 3.65. The number of ether oxygens (including phenoxy) is 2. The van der Waals surface area contributed by atoms with Crippen molar-refractivity contribution < 1.29 is 9.47 Å². The number of methoxy groups -OCH3 is 2. The summed E-state index contributed by atoms with van der Waals surface area (Å²) < 4.78 is 13.3. The second kappa shape index (κ2) is 5.94. The van der Waals surface area contributed by atoms with Crippen LogP contribution >= 0.6 is 15.9 Å². The van der Waals surface area contributed by atoms with Gasteiger partial charge in [0, 0.05) is 16.2 Å². The van der Waals surface area contributed by atoms with Gasteiger partial charge in [-0.2, -0.15) is 5.26 Å². The molecular weight excluding hydrogens is 358 g/mol. The van der Waals surface area contributed by atoms with Crippen molar-refractivity contribution in [1.29, 1.82) is 5.26 Å². The molecule has 5 nitrogen and oxygen atoms in total. The van der Waals surface area contributed by atoms with E-state index < -0.39 is 0 Å². The van der Waals surface area contributed by atoms with E-state index >= 15 is 0 Å². The van der Waals surface area contributed by atoms with Crippen molar-refractivity contribution in [1.82, 2.24) is 9.38 Å². The van der Waals surface area contributed by atoms with Gasteiger partial charge < -0.3 is 9.47 Å².